The minimum atomic E-state index is -4.55. The summed E-state index contributed by atoms with van der Waals surface area (Å²) in [5, 5.41) is 0.360. The molecule has 2 amide bonds. The summed E-state index contributed by atoms with van der Waals surface area (Å²) in [5.41, 5.74) is 3.21. The van der Waals surface area contributed by atoms with Gasteiger partial charge in [-0.3, -0.25) is 0 Å². The number of aromatic nitrogens is 2. The molecule has 3 aliphatic rings. The Morgan fingerprint density at radius 2 is 1.57 bits per heavy atom. The number of halogens is 4. The Balaban J connectivity index is 1.00. The van der Waals surface area contributed by atoms with Gasteiger partial charge in [-0.1, -0.05) is 41.9 Å². The molecule has 210 valence electrons. The average molecular weight is 591 g/mol. The highest BCUT2D eigenvalue weighted by Gasteiger charge is 2.55. The van der Waals surface area contributed by atoms with Crippen LogP contribution in [0.25, 0.3) is 11.1 Å². The SMILES string of the molecule is CS(=O)(=O)c1cc(Cl)ccc1-c1ccc(C2CN(C(=O)N3CC4(CC(c5cnc(C(F)(F)F)nc5)C4)C3)C2)cc1. The van der Waals surface area contributed by atoms with E-state index in [2.05, 4.69) is 9.97 Å². The van der Waals surface area contributed by atoms with E-state index in [9.17, 15) is 26.4 Å². The van der Waals surface area contributed by atoms with Crippen molar-refractivity contribution in [2.24, 2.45) is 5.41 Å². The molecule has 12 heteroatoms. The maximum absolute atomic E-state index is 13.0. The molecular formula is C28H26ClF3N4O3S. The zero-order valence-corrected chi connectivity index (χ0v) is 23.1. The van der Waals surface area contributed by atoms with E-state index in [1.807, 2.05) is 34.1 Å². The van der Waals surface area contributed by atoms with Crippen molar-refractivity contribution in [3.05, 3.63) is 76.8 Å². The Labute approximate surface area is 234 Å². The molecule has 1 aliphatic carbocycles. The second-order valence-electron chi connectivity index (χ2n) is 11.2. The number of rotatable bonds is 4. The molecule has 6 rings (SSSR count). The first-order valence-corrected chi connectivity index (χ1v) is 15.1. The van der Waals surface area contributed by atoms with Gasteiger partial charge in [0.25, 0.3) is 0 Å². The van der Waals surface area contributed by atoms with Crippen LogP contribution >= 0.6 is 11.6 Å². The number of likely N-dealkylation sites (tertiary alicyclic amines) is 2. The highest BCUT2D eigenvalue weighted by atomic mass is 35.5. The summed E-state index contributed by atoms with van der Waals surface area (Å²) in [5.74, 6) is -0.796. The van der Waals surface area contributed by atoms with Crippen LogP contribution in [0.1, 0.15) is 41.6 Å². The first kappa shape index (κ1) is 27.0. The van der Waals surface area contributed by atoms with Crippen LogP contribution in [-0.4, -0.2) is 66.7 Å². The van der Waals surface area contributed by atoms with Crippen molar-refractivity contribution in [1.29, 1.82) is 0 Å². The van der Waals surface area contributed by atoms with Gasteiger partial charge in [0.05, 0.1) is 4.90 Å². The van der Waals surface area contributed by atoms with Crippen molar-refractivity contribution in [3.63, 3.8) is 0 Å². The fourth-order valence-electron chi connectivity index (χ4n) is 6.10. The highest BCUT2D eigenvalue weighted by Crippen LogP contribution is 2.56. The fourth-order valence-corrected chi connectivity index (χ4v) is 7.26. The third-order valence-electron chi connectivity index (χ3n) is 8.27. The molecule has 40 heavy (non-hydrogen) atoms. The molecular weight excluding hydrogens is 565 g/mol. The van der Waals surface area contributed by atoms with E-state index in [0.29, 0.717) is 42.3 Å². The smallest absolute Gasteiger partial charge is 0.323 e. The lowest BCUT2D eigenvalue weighted by molar-refractivity contribution is -0.145. The summed E-state index contributed by atoms with van der Waals surface area (Å²) >= 11 is 6.02. The van der Waals surface area contributed by atoms with Crippen LogP contribution in [0, 0.1) is 5.41 Å². The molecule has 0 N–H and O–H groups in total. The number of hydrogen-bond donors (Lipinski definition) is 0. The van der Waals surface area contributed by atoms with Crippen molar-refractivity contribution in [3.8, 4) is 11.1 Å². The van der Waals surface area contributed by atoms with Crippen LogP contribution in [0.5, 0.6) is 0 Å². The molecule has 2 aromatic carbocycles. The Hall–Kier alpha value is -3.18. The third-order valence-corrected chi connectivity index (χ3v) is 9.64. The Morgan fingerprint density at radius 3 is 2.15 bits per heavy atom. The van der Waals surface area contributed by atoms with Crippen LogP contribution in [0.4, 0.5) is 18.0 Å². The molecule has 7 nitrogen and oxygen atoms in total. The molecule has 1 aromatic heterocycles. The quantitative estimate of drug-likeness (QED) is 0.394. The molecule has 3 fully saturated rings. The monoisotopic (exact) mass is 590 g/mol. The summed E-state index contributed by atoms with van der Waals surface area (Å²) in [6, 6.07) is 12.6. The first-order valence-electron chi connectivity index (χ1n) is 12.8. The second kappa shape index (κ2) is 9.44. The van der Waals surface area contributed by atoms with E-state index >= 15 is 0 Å². The van der Waals surface area contributed by atoms with Gasteiger partial charge in [0, 0.05) is 66.7 Å². The van der Waals surface area contributed by atoms with Crippen LogP contribution in [-0.2, 0) is 16.0 Å². The van der Waals surface area contributed by atoms with Crippen LogP contribution in [0.2, 0.25) is 5.02 Å². The summed E-state index contributed by atoms with van der Waals surface area (Å²) < 4.78 is 62.6. The largest absolute Gasteiger partial charge is 0.451 e. The maximum Gasteiger partial charge on any atom is 0.451 e. The van der Waals surface area contributed by atoms with Gasteiger partial charge >= 0.3 is 12.2 Å². The van der Waals surface area contributed by atoms with E-state index in [1.54, 1.807) is 12.1 Å². The molecule has 0 radical (unpaired) electrons. The Bertz CT molecular complexity index is 1560. The number of amides is 2. The van der Waals surface area contributed by atoms with Gasteiger partial charge in [-0.25, -0.2) is 23.2 Å². The molecule has 0 atom stereocenters. The van der Waals surface area contributed by atoms with E-state index in [0.717, 1.165) is 30.2 Å². The molecule has 1 saturated carbocycles. The molecule has 1 spiro atoms. The normalized spacial score (nSPS) is 19.2. The molecule has 0 unspecified atom stereocenters. The number of carbonyl (C=O) groups excluding carboxylic acids is 1. The summed E-state index contributed by atoms with van der Waals surface area (Å²) in [6.07, 6.45) is 0.775. The number of sulfone groups is 1. The van der Waals surface area contributed by atoms with Gasteiger partial charge in [0.1, 0.15) is 0 Å². The van der Waals surface area contributed by atoms with Gasteiger partial charge in [-0.05, 0) is 47.6 Å². The molecule has 2 saturated heterocycles. The molecule has 2 aliphatic heterocycles. The lowest BCUT2D eigenvalue weighted by Crippen LogP contribution is -2.67. The second-order valence-corrected chi connectivity index (χ2v) is 13.6. The van der Waals surface area contributed by atoms with E-state index in [1.165, 1.54) is 18.5 Å². The van der Waals surface area contributed by atoms with Crippen molar-refractivity contribution in [1.82, 2.24) is 19.8 Å². The maximum atomic E-state index is 13.0. The number of nitrogens with zero attached hydrogens (tertiary/aromatic N) is 4. The standard InChI is InChI=1S/C28H26ClF3N4O3S/c1-40(38,39)24-8-22(29)6-7-23(24)18-4-2-17(3-5-18)21-13-35(14-21)26(37)36-15-27(16-36)9-19(10-27)20-11-33-25(34-12-20)28(30,31)32/h2-8,11-12,19,21H,9-10,13-16H2,1H3. The molecule has 3 aromatic rings. The van der Waals surface area contributed by atoms with E-state index in [4.69, 9.17) is 11.6 Å². The Morgan fingerprint density at radius 1 is 0.950 bits per heavy atom. The first-order chi connectivity index (χ1) is 18.8. The van der Waals surface area contributed by atoms with Crippen molar-refractivity contribution < 1.29 is 26.4 Å². The van der Waals surface area contributed by atoms with E-state index in [-0.39, 0.29) is 28.2 Å². The third kappa shape index (κ3) is 4.94. The molecule has 0 bridgehead atoms. The lowest BCUT2D eigenvalue weighted by Gasteiger charge is -2.60. The minimum Gasteiger partial charge on any atom is -0.323 e. The van der Waals surface area contributed by atoms with Crippen LogP contribution < -0.4 is 0 Å². The minimum absolute atomic E-state index is 0.0127. The van der Waals surface area contributed by atoms with Gasteiger partial charge < -0.3 is 9.80 Å². The van der Waals surface area contributed by atoms with E-state index < -0.39 is 21.8 Å². The van der Waals surface area contributed by atoms with Crippen molar-refractivity contribution in [2.45, 2.75) is 35.7 Å². The summed E-state index contributed by atoms with van der Waals surface area (Å²) in [7, 11) is -3.45. The topological polar surface area (TPSA) is 83.5 Å². The van der Waals surface area contributed by atoms with Gasteiger partial charge in [0.2, 0.25) is 5.82 Å². The summed E-state index contributed by atoms with van der Waals surface area (Å²) in [6.45, 7) is 2.54. The average Bonchev–Trinajstić information content (AvgIpc) is 2.81. The zero-order chi connectivity index (χ0) is 28.4. The van der Waals surface area contributed by atoms with Crippen LogP contribution in [0.15, 0.2) is 59.8 Å². The fraction of sp³-hybridized carbons (Fsp3) is 0.393. The lowest BCUT2D eigenvalue weighted by atomic mass is 9.56. The number of benzene rings is 2. The molecule has 3 heterocycles. The number of alkyl halides is 3. The van der Waals surface area contributed by atoms with Crippen LogP contribution in [0.3, 0.4) is 0 Å². The number of carbonyl (C=O) groups is 1. The number of urea groups is 1. The van der Waals surface area contributed by atoms with Gasteiger partial charge in [-0.15, -0.1) is 0 Å². The van der Waals surface area contributed by atoms with Crippen molar-refractivity contribution >= 4 is 27.5 Å². The Kier molecular flexibility index (Phi) is 6.38. The highest BCUT2D eigenvalue weighted by molar-refractivity contribution is 7.90. The number of hydrogen-bond acceptors (Lipinski definition) is 5. The van der Waals surface area contributed by atoms with Crippen molar-refractivity contribution in [2.75, 3.05) is 32.4 Å². The summed E-state index contributed by atoms with van der Waals surface area (Å²) in [4.78, 5) is 23.7. The predicted octanol–water partition coefficient (Wildman–Crippen LogP) is 5.62. The zero-order valence-electron chi connectivity index (χ0n) is 21.5. The van der Waals surface area contributed by atoms with Gasteiger partial charge in [-0.2, -0.15) is 13.2 Å². The van der Waals surface area contributed by atoms with Gasteiger partial charge in [0.15, 0.2) is 9.84 Å². The predicted molar refractivity (Wildman–Crippen MR) is 143 cm³/mol.